The lowest BCUT2D eigenvalue weighted by molar-refractivity contribution is -0.125. The third-order valence-electron chi connectivity index (χ3n) is 6.91. The number of carbonyl (C=O) groups excluding carboxylic acids is 2. The van der Waals surface area contributed by atoms with Crippen LogP contribution >= 0.6 is 0 Å². The molecule has 1 aromatic carbocycles. The van der Waals surface area contributed by atoms with E-state index in [9.17, 15) is 9.59 Å². The van der Waals surface area contributed by atoms with Gasteiger partial charge in [-0.3, -0.25) is 14.6 Å². The number of rotatable bonds is 6. The lowest BCUT2D eigenvalue weighted by Gasteiger charge is -2.31. The molecule has 4 heterocycles. The smallest absolute Gasteiger partial charge is 0.273 e. The maximum absolute atomic E-state index is 13.2. The van der Waals surface area contributed by atoms with E-state index in [1.54, 1.807) is 7.05 Å². The zero-order valence-corrected chi connectivity index (χ0v) is 20.4. The largest absolute Gasteiger partial charge is 0.365 e. The molecule has 3 aromatic rings. The van der Waals surface area contributed by atoms with Crippen LogP contribution in [0.4, 0.5) is 11.8 Å². The average Bonchev–Trinajstić information content (AvgIpc) is 3.23. The van der Waals surface area contributed by atoms with Crippen LogP contribution in [0.25, 0.3) is 10.9 Å². The lowest BCUT2D eigenvalue weighted by atomic mass is 9.96. The first-order chi connectivity index (χ1) is 16.9. The Morgan fingerprint density at radius 1 is 1.17 bits per heavy atom. The first-order valence-corrected chi connectivity index (χ1v) is 12.2. The van der Waals surface area contributed by atoms with E-state index in [4.69, 9.17) is 9.97 Å². The molecule has 2 aliphatic heterocycles. The number of piperidine rings is 1. The molecule has 0 unspecified atom stereocenters. The number of amides is 2. The molecule has 1 fully saturated rings. The number of aromatic nitrogens is 3. The Kier molecular flexibility index (Phi) is 6.23. The second kappa shape index (κ2) is 9.48. The molecule has 2 aliphatic rings. The Morgan fingerprint density at radius 3 is 2.69 bits per heavy atom. The van der Waals surface area contributed by atoms with E-state index in [-0.39, 0.29) is 23.8 Å². The second-order valence-corrected chi connectivity index (χ2v) is 9.49. The highest BCUT2D eigenvalue weighted by Gasteiger charge is 2.35. The zero-order chi connectivity index (χ0) is 24.5. The van der Waals surface area contributed by atoms with E-state index in [0.717, 1.165) is 34.9 Å². The third-order valence-corrected chi connectivity index (χ3v) is 6.91. The number of hydrogen-bond donors (Lipinski definition) is 2. The van der Waals surface area contributed by atoms with Gasteiger partial charge in [0, 0.05) is 55.8 Å². The Balaban J connectivity index is 1.42. The van der Waals surface area contributed by atoms with Crippen molar-refractivity contribution < 1.29 is 9.59 Å². The molecule has 9 heteroatoms. The van der Waals surface area contributed by atoms with Gasteiger partial charge < -0.3 is 20.4 Å². The fraction of sp³-hybridized carbons (Fsp3) is 0.423. The molecule has 0 spiro atoms. The number of hydrogen-bond acceptors (Lipinski definition) is 7. The fourth-order valence-electron chi connectivity index (χ4n) is 4.83. The van der Waals surface area contributed by atoms with Gasteiger partial charge in [-0.05, 0) is 44.4 Å². The molecule has 0 saturated carbocycles. The van der Waals surface area contributed by atoms with Crippen molar-refractivity contribution in [3.8, 4) is 0 Å². The minimum atomic E-state index is -0.0608. The van der Waals surface area contributed by atoms with Crippen molar-refractivity contribution in [3.05, 3.63) is 53.3 Å². The third kappa shape index (κ3) is 4.50. The zero-order valence-electron chi connectivity index (χ0n) is 20.4. The fourth-order valence-corrected chi connectivity index (χ4v) is 4.83. The van der Waals surface area contributed by atoms with Gasteiger partial charge in [0.25, 0.3) is 5.91 Å². The summed E-state index contributed by atoms with van der Waals surface area (Å²) >= 11 is 0. The topological polar surface area (TPSA) is 103 Å². The highest BCUT2D eigenvalue weighted by atomic mass is 16.2. The van der Waals surface area contributed by atoms with Crippen LogP contribution in [0.15, 0.2) is 36.5 Å². The molecular formula is C26H31N7O2. The maximum atomic E-state index is 13.2. The average molecular weight is 474 g/mol. The van der Waals surface area contributed by atoms with Crippen molar-refractivity contribution in [2.45, 2.75) is 45.8 Å². The minimum Gasteiger partial charge on any atom is -0.365 e. The van der Waals surface area contributed by atoms with Crippen molar-refractivity contribution in [3.63, 3.8) is 0 Å². The van der Waals surface area contributed by atoms with E-state index in [2.05, 4.69) is 26.6 Å². The van der Waals surface area contributed by atoms with Gasteiger partial charge in [0.15, 0.2) is 0 Å². The summed E-state index contributed by atoms with van der Waals surface area (Å²) in [5.74, 6) is 1.24. The van der Waals surface area contributed by atoms with Crippen LogP contribution in [0.1, 0.15) is 48.3 Å². The summed E-state index contributed by atoms with van der Waals surface area (Å²) in [7, 11) is 1.67. The van der Waals surface area contributed by atoms with Crippen molar-refractivity contribution in [1.82, 2.24) is 25.2 Å². The summed E-state index contributed by atoms with van der Waals surface area (Å²) in [5.41, 5.74) is 3.30. The molecule has 2 amide bonds. The summed E-state index contributed by atoms with van der Waals surface area (Å²) in [5, 5.41) is 7.29. The van der Waals surface area contributed by atoms with Crippen molar-refractivity contribution >= 4 is 34.5 Å². The normalized spacial score (nSPS) is 16.2. The monoisotopic (exact) mass is 473 g/mol. The number of nitrogens with zero attached hydrogens (tertiary/aromatic N) is 5. The number of nitrogens with one attached hydrogen (secondary N) is 2. The van der Waals surface area contributed by atoms with Crippen LogP contribution in [0.3, 0.4) is 0 Å². The molecule has 2 aromatic heterocycles. The van der Waals surface area contributed by atoms with Crippen molar-refractivity contribution in [2.24, 2.45) is 5.92 Å². The van der Waals surface area contributed by atoms with Gasteiger partial charge in [-0.25, -0.2) is 4.98 Å². The number of anilines is 2. The molecule has 2 N–H and O–H groups in total. The maximum Gasteiger partial charge on any atom is 0.273 e. The Morgan fingerprint density at radius 2 is 1.94 bits per heavy atom. The first-order valence-electron chi connectivity index (χ1n) is 12.2. The summed E-state index contributed by atoms with van der Waals surface area (Å²) < 4.78 is 0. The number of fused-ring (bicyclic) bond motifs is 2. The molecule has 0 atom stereocenters. The van der Waals surface area contributed by atoms with Crippen LogP contribution in [0, 0.1) is 5.92 Å². The Bertz CT molecular complexity index is 1270. The molecule has 0 aliphatic carbocycles. The van der Waals surface area contributed by atoms with Gasteiger partial charge in [0.1, 0.15) is 11.5 Å². The summed E-state index contributed by atoms with van der Waals surface area (Å²) in [6.45, 7) is 6.39. The standard InChI is InChI=1S/C26H31N7O2/c1-16(2)33-15-20-22(25(33)35)30-26(32-10-8-18(9-11-32)24(34)27-3)31-23(20)29-14-17-12-19-6-4-5-7-21(19)28-13-17/h4-7,12-13,16,18H,8-11,14-15H2,1-3H3,(H,27,34)(H,29,30,31). The van der Waals surface area contributed by atoms with Gasteiger partial charge in [0.05, 0.1) is 12.1 Å². The van der Waals surface area contributed by atoms with Crippen LogP contribution in [0.5, 0.6) is 0 Å². The second-order valence-electron chi connectivity index (χ2n) is 9.49. The molecule has 182 valence electrons. The minimum absolute atomic E-state index is 0.00161. The highest BCUT2D eigenvalue weighted by Crippen LogP contribution is 2.32. The van der Waals surface area contributed by atoms with Gasteiger partial charge in [-0.2, -0.15) is 4.98 Å². The first kappa shape index (κ1) is 23.0. The van der Waals surface area contributed by atoms with E-state index < -0.39 is 0 Å². The highest BCUT2D eigenvalue weighted by molar-refractivity contribution is 5.98. The molecule has 9 nitrogen and oxygen atoms in total. The van der Waals surface area contributed by atoms with E-state index in [1.165, 1.54) is 0 Å². The Labute approximate surface area is 205 Å². The molecule has 0 radical (unpaired) electrons. The molecule has 35 heavy (non-hydrogen) atoms. The molecule has 5 rings (SSSR count). The number of carbonyl (C=O) groups is 2. The number of para-hydroxylation sites is 1. The predicted octanol–water partition coefficient (Wildman–Crippen LogP) is 2.96. The Hall–Kier alpha value is -3.75. The number of benzene rings is 1. The van der Waals surface area contributed by atoms with E-state index >= 15 is 0 Å². The van der Waals surface area contributed by atoms with Crippen LogP contribution < -0.4 is 15.5 Å². The lowest BCUT2D eigenvalue weighted by Crippen LogP contribution is -2.40. The van der Waals surface area contributed by atoms with Crippen LogP contribution in [0.2, 0.25) is 0 Å². The summed E-state index contributed by atoms with van der Waals surface area (Å²) in [6.07, 6.45) is 3.34. The van der Waals surface area contributed by atoms with Crippen molar-refractivity contribution in [2.75, 3.05) is 30.4 Å². The number of pyridine rings is 1. The van der Waals surface area contributed by atoms with Crippen LogP contribution in [-0.2, 0) is 17.9 Å². The van der Waals surface area contributed by atoms with E-state index in [0.29, 0.717) is 43.6 Å². The quantitative estimate of drug-likeness (QED) is 0.567. The summed E-state index contributed by atoms with van der Waals surface area (Å²) in [6, 6.07) is 10.2. The van der Waals surface area contributed by atoms with Crippen molar-refractivity contribution in [1.29, 1.82) is 0 Å². The molecule has 1 saturated heterocycles. The SMILES string of the molecule is CNC(=O)C1CCN(c2nc(NCc3cnc4ccccc4c3)c3c(n2)C(=O)N(C(C)C)C3)CC1. The summed E-state index contributed by atoms with van der Waals surface area (Å²) in [4.78, 5) is 43.2. The van der Waals surface area contributed by atoms with Gasteiger partial charge in [-0.1, -0.05) is 18.2 Å². The van der Waals surface area contributed by atoms with Gasteiger partial charge >= 0.3 is 0 Å². The van der Waals surface area contributed by atoms with Crippen LogP contribution in [-0.4, -0.2) is 57.8 Å². The van der Waals surface area contributed by atoms with E-state index in [1.807, 2.05) is 49.2 Å². The van der Waals surface area contributed by atoms with Gasteiger partial charge in [0.2, 0.25) is 11.9 Å². The predicted molar refractivity (Wildman–Crippen MR) is 135 cm³/mol. The molecular weight excluding hydrogens is 442 g/mol. The van der Waals surface area contributed by atoms with Gasteiger partial charge in [-0.15, -0.1) is 0 Å². The molecule has 0 bridgehead atoms.